The second kappa shape index (κ2) is 7.85. The van der Waals surface area contributed by atoms with Crippen LogP contribution in [0.5, 0.6) is 0 Å². The van der Waals surface area contributed by atoms with E-state index in [4.69, 9.17) is 31.5 Å². The van der Waals surface area contributed by atoms with Crippen molar-refractivity contribution < 1.29 is 14.2 Å². The lowest BCUT2D eigenvalue weighted by Crippen LogP contribution is -2.38. The fourth-order valence-corrected chi connectivity index (χ4v) is 4.43. The smallest absolute Gasteiger partial charge is 0.167 e. The number of aromatic nitrogens is 4. The third-order valence-corrected chi connectivity index (χ3v) is 5.83. The molecule has 4 rings (SSSR count). The van der Waals surface area contributed by atoms with Crippen LogP contribution in [-0.2, 0) is 14.2 Å². The van der Waals surface area contributed by atoms with Crippen LogP contribution in [0.25, 0.3) is 11.2 Å². The van der Waals surface area contributed by atoms with Crippen molar-refractivity contribution in [3.8, 4) is 0 Å². The number of alkyl halides is 1. The topological polar surface area (TPSA) is 97.3 Å². The van der Waals surface area contributed by atoms with Crippen LogP contribution in [0.2, 0.25) is 0 Å². The normalized spacial score (nSPS) is 32.3. The quantitative estimate of drug-likeness (QED) is 0.764. The minimum Gasteiger partial charge on any atom is -0.382 e. The van der Waals surface area contributed by atoms with E-state index in [1.165, 1.54) is 6.33 Å². The van der Waals surface area contributed by atoms with Crippen molar-refractivity contribution in [3.63, 3.8) is 0 Å². The van der Waals surface area contributed by atoms with Gasteiger partial charge in [-0.2, -0.15) is 11.8 Å². The van der Waals surface area contributed by atoms with E-state index in [9.17, 15) is 0 Å². The molecular weight excluding hydrogens is 378 g/mol. The number of thioether (sulfide) groups is 1. The molecule has 0 bridgehead atoms. The predicted molar refractivity (Wildman–Crippen MR) is 100 cm³/mol. The van der Waals surface area contributed by atoms with Gasteiger partial charge in [-0.15, -0.1) is 11.6 Å². The molecule has 0 aliphatic carbocycles. The van der Waals surface area contributed by atoms with Gasteiger partial charge in [-0.1, -0.05) is 0 Å². The van der Waals surface area contributed by atoms with Crippen LogP contribution in [0.1, 0.15) is 25.5 Å². The Hall–Kier alpha value is -1.13. The monoisotopic (exact) mass is 399 g/mol. The third-order valence-electron chi connectivity index (χ3n) is 4.71. The van der Waals surface area contributed by atoms with Gasteiger partial charge in [0, 0.05) is 12.4 Å². The minimum atomic E-state index is -0.443. The highest BCUT2D eigenvalue weighted by molar-refractivity contribution is 7.98. The molecule has 0 amide bonds. The van der Waals surface area contributed by atoms with Crippen molar-refractivity contribution in [1.82, 2.24) is 19.5 Å². The van der Waals surface area contributed by atoms with Gasteiger partial charge in [0.05, 0.1) is 12.4 Å². The van der Waals surface area contributed by atoms with Gasteiger partial charge in [0.25, 0.3) is 0 Å². The number of nitrogens with two attached hydrogens (primary N) is 1. The summed E-state index contributed by atoms with van der Waals surface area (Å²) < 4.78 is 20.0. The summed E-state index contributed by atoms with van der Waals surface area (Å²) in [5.74, 6) is 1.11. The Morgan fingerprint density at radius 1 is 1.38 bits per heavy atom. The molecule has 5 atom stereocenters. The SMILES string of the molecule is CSC[C@H]1O[C@@H](n2cnc3c(N)ncnc32)[C@H](Cl)[C@H]1OC1CCCCO1. The van der Waals surface area contributed by atoms with Crippen molar-refractivity contribution >= 4 is 40.3 Å². The number of imidazole rings is 1. The maximum Gasteiger partial charge on any atom is 0.167 e. The van der Waals surface area contributed by atoms with Gasteiger partial charge in [0.2, 0.25) is 0 Å². The van der Waals surface area contributed by atoms with Crippen molar-refractivity contribution in [3.05, 3.63) is 12.7 Å². The Bertz CT molecular complexity index is 757. The molecule has 2 saturated heterocycles. The maximum absolute atomic E-state index is 6.79. The van der Waals surface area contributed by atoms with Gasteiger partial charge in [0.15, 0.2) is 24.0 Å². The van der Waals surface area contributed by atoms with E-state index in [2.05, 4.69) is 15.0 Å². The molecule has 8 nitrogen and oxygen atoms in total. The number of nitrogens with zero attached hydrogens (tertiary/aromatic N) is 4. The van der Waals surface area contributed by atoms with Gasteiger partial charge in [-0.3, -0.25) is 4.57 Å². The van der Waals surface area contributed by atoms with Crippen LogP contribution in [0.4, 0.5) is 5.82 Å². The van der Waals surface area contributed by atoms with Gasteiger partial charge in [-0.25, -0.2) is 15.0 Å². The summed E-state index contributed by atoms with van der Waals surface area (Å²) in [5.41, 5.74) is 7.03. The number of anilines is 1. The van der Waals surface area contributed by atoms with E-state index < -0.39 is 11.6 Å². The molecule has 2 aliphatic rings. The molecule has 2 N–H and O–H groups in total. The van der Waals surface area contributed by atoms with E-state index in [0.29, 0.717) is 17.0 Å². The minimum absolute atomic E-state index is 0.139. The molecule has 2 aromatic rings. The number of ether oxygens (including phenoxy) is 3. The van der Waals surface area contributed by atoms with Crippen molar-refractivity contribution in [2.75, 3.05) is 24.3 Å². The van der Waals surface area contributed by atoms with E-state index in [0.717, 1.165) is 31.6 Å². The largest absolute Gasteiger partial charge is 0.382 e. The summed E-state index contributed by atoms with van der Waals surface area (Å²) in [5, 5.41) is -0.397. The van der Waals surface area contributed by atoms with Crippen LogP contribution in [0.3, 0.4) is 0 Å². The molecule has 0 saturated carbocycles. The van der Waals surface area contributed by atoms with Crippen molar-refractivity contribution in [1.29, 1.82) is 0 Å². The third kappa shape index (κ3) is 3.38. The van der Waals surface area contributed by atoms with Gasteiger partial charge >= 0.3 is 0 Å². The zero-order chi connectivity index (χ0) is 18.1. The van der Waals surface area contributed by atoms with Crippen molar-refractivity contribution in [2.45, 2.75) is 49.4 Å². The zero-order valence-electron chi connectivity index (χ0n) is 14.5. The van der Waals surface area contributed by atoms with Gasteiger partial charge in [0.1, 0.15) is 23.3 Å². The average Bonchev–Trinajstić information content (AvgIpc) is 3.20. The Kier molecular flexibility index (Phi) is 5.51. The molecule has 0 aromatic carbocycles. The molecule has 10 heteroatoms. The fourth-order valence-electron chi connectivity index (χ4n) is 3.43. The molecule has 0 radical (unpaired) electrons. The maximum atomic E-state index is 6.79. The average molecular weight is 400 g/mol. The Morgan fingerprint density at radius 3 is 3.04 bits per heavy atom. The summed E-state index contributed by atoms with van der Waals surface area (Å²) >= 11 is 8.48. The molecule has 2 aromatic heterocycles. The number of hydrogen-bond donors (Lipinski definition) is 1. The van der Waals surface area contributed by atoms with Gasteiger partial charge < -0.3 is 19.9 Å². The molecule has 142 valence electrons. The number of nitrogen functional groups attached to an aromatic ring is 1. The van der Waals surface area contributed by atoms with Gasteiger partial charge in [-0.05, 0) is 25.5 Å². The van der Waals surface area contributed by atoms with Crippen LogP contribution in [-0.4, -0.2) is 62.0 Å². The van der Waals surface area contributed by atoms with Crippen molar-refractivity contribution in [2.24, 2.45) is 0 Å². The first-order valence-electron chi connectivity index (χ1n) is 8.67. The van der Waals surface area contributed by atoms with E-state index in [1.807, 2.05) is 10.8 Å². The second-order valence-electron chi connectivity index (χ2n) is 6.44. The standard InChI is InChI=1S/C16H22ClN5O3S/c1-26-6-9-13(25-10-4-2-3-5-23-10)11(17)16(24-9)22-8-21-12-14(18)19-7-20-15(12)22/h7-11,13,16H,2-6H2,1H3,(H2,18,19,20)/t9-,10?,11-,13+,16-/m1/s1. The Balaban J connectivity index is 1.59. The van der Waals surface area contributed by atoms with Crippen LogP contribution >= 0.6 is 23.4 Å². The number of hydrogen-bond acceptors (Lipinski definition) is 8. The van der Waals surface area contributed by atoms with E-state index in [1.54, 1.807) is 18.1 Å². The first-order chi connectivity index (χ1) is 12.7. The molecule has 1 unspecified atom stereocenters. The molecular formula is C16H22ClN5O3S. The highest BCUT2D eigenvalue weighted by Crippen LogP contribution is 2.39. The Labute approximate surface area is 160 Å². The molecule has 0 spiro atoms. The Morgan fingerprint density at radius 2 is 2.27 bits per heavy atom. The first-order valence-corrected chi connectivity index (χ1v) is 10.5. The molecule has 2 aliphatic heterocycles. The molecule has 2 fully saturated rings. The summed E-state index contributed by atoms with van der Waals surface area (Å²) in [6.07, 6.45) is 7.08. The summed E-state index contributed by atoms with van der Waals surface area (Å²) in [7, 11) is 0. The summed E-state index contributed by atoms with van der Waals surface area (Å²) in [6, 6.07) is 0. The van der Waals surface area contributed by atoms with Crippen LogP contribution < -0.4 is 5.73 Å². The number of rotatable bonds is 5. The van der Waals surface area contributed by atoms with E-state index >= 15 is 0 Å². The predicted octanol–water partition coefficient (Wildman–Crippen LogP) is 2.19. The summed E-state index contributed by atoms with van der Waals surface area (Å²) in [4.78, 5) is 12.6. The highest BCUT2D eigenvalue weighted by atomic mass is 35.5. The lowest BCUT2D eigenvalue weighted by atomic mass is 10.1. The second-order valence-corrected chi connectivity index (χ2v) is 7.86. The zero-order valence-corrected chi connectivity index (χ0v) is 16.0. The summed E-state index contributed by atoms with van der Waals surface area (Å²) in [6.45, 7) is 0.726. The molecule has 26 heavy (non-hydrogen) atoms. The van der Waals surface area contributed by atoms with Crippen LogP contribution in [0.15, 0.2) is 12.7 Å². The highest BCUT2D eigenvalue weighted by Gasteiger charge is 2.47. The molecule has 4 heterocycles. The number of halogens is 1. The first kappa shape index (κ1) is 18.2. The fraction of sp³-hybridized carbons (Fsp3) is 0.688. The number of fused-ring (bicyclic) bond motifs is 1. The lowest BCUT2D eigenvalue weighted by molar-refractivity contribution is -0.194. The lowest BCUT2D eigenvalue weighted by Gasteiger charge is -2.29. The van der Waals surface area contributed by atoms with E-state index in [-0.39, 0.29) is 18.5 Å². The van der Waals surface area contributed by atoms with Crippen LogP contribution in [0, 0.1) is 0 Å².